The van der Waals surface area contributed by atoms with Crippen LogP contribution in [0.25, 0.3) is 0 Å². The third kappa shape index (κ3) is 1.50. The molecule has 0 unspecified atom stereocenters. The van der Waals surface area contributed by atoms with E-state index >= 15 is 0 Å². The first-order valence-electron chi connectivity index (χ1n) is 4.68. The predicted molar refractivity (Wildman–Crippen MR) is 51.9 cm³/mol. The number of sulfonamides is 1. The van der Waals surface area contributed by atoms with Crippen LogP contribution < -0.4 is 0 Å². The number of nitrogens with zero attached hydrogens (tertiary/aromatic N) is 1. The molecule has 0 radical (unpaired) electrons. The van der Waals surface area contributed by atoms with Gasteiger partial charge in [-0.2, -0.15) is 0 Å². The first kappa shape index (κ1) is 9.46. The molecule has 13 heavy (non-hydrogen) atoms. The summed E-state index contributed by atoms with van der Waals surface area (Å²) >= 11 is 0. The zero-order valence-electron chi connectivity index (χ0n) is 8.50. The van der Waals surface area contributed by atoms with E-state index in [1.807, 2.05) is 0 Å². The van der Waals surface area contributed by atoms with E-state index in [2.05, 4.69) is 13.8 Å². The van der Waals surface area contributed by atoms with Crippen LogP contribution in [0, 0.1) is 10.8 Å². The normalized spacial score (nSPS) is 31.0. The van der Waals surface area contributed by atoms with Gasteiger partial charge < -0.3 is 0 Å². The van der Waals surface area contributed by atoms with Crippen molar-refractivity contribution < 1.29 is 8.42 Å². The van der Waals surface area contributed by atoms with Gasteiger partial charge in [-0.25, -0.2) is 12.7 Å². The monoisotopic (exact) mass is 203 g/mol. The van der Waals surface area contributed by atoms with Gasteiger partial charge in [0, 0.05) is 13.1 Å². The Balaban J connectivity index is 1.94. The zero-order valence-corrected chi connectivity index (χ0v) is 9.32. The molecule has 0 N–H and O–H groups in total. The maximum Gasteiger partial charge on any atom is 0.211 e. The third-order valence-electron chi connectivity index (χ3n) is 3.20. The van der Waals surface area contributed by atoms with Gasteiger partial charge in [-0.3, -0.25) is 0 Å². The average molecular weight is 203 g/mol. The molecule has 2 aliphatic rings. The summed E-state index contributed by atoms with van der Waals surface area (Å²) < 4.78 is 23.8. The topological polar surface area (TPSA) is 37.4 Å². The summed E-state index contributed by atoms with van der Waals surface area (Å²) in [5, 5.41) is 0. The first-order chi connectivity index (χ1) is 5.73. The second-order valence-corrected chi connectivity index (χ2v) is 7.53. The van der Waals surface area contributed by atoms with E-state index in [-0.39, 0.29) is 0 Å². The molecule has 2 fully saturated rings. The second-order valence-electron chi connectivity index (χ2n) is 5.55. The van der Waals surface area contributed by atoms with E-state index < -0.39 is 10.0 Å². The quantitative estimate of drug-likeness (QED) is 0.639. The van der Waals surface area contributed by atoms with Crippen LogP contribution >= 0.6 is 0 Å². The van der Waals surface area contributed by atoms with Crippen molar-refractivity contribution in [3.05, 3.63) is 0 Å². The van der Waals surface area contributed by atoms with Crippen LogP contribution in [-0.2, 0) is 10.0 Å². The summed E-state index contributed by atoms with van der Waals surface area (Å²) in [6.45, 7) is 6.02. The highest BCUT2D eigenvalue weighted by atomic mass is 32.2. The summed E-state index contributed by atoms with van der Waals surface area (Å²) in [4.78, 5) is 0. The van der Waals surface area contributed by atoms with Crippen LogP contribution in [0.15, 0.2) is 0 Å². The molecule has 76 valence electrons. The Bertz CT molecular complexity index is 316. The second kappa shape index (κ2) is 2.28. The van der Waals surface area contributed by atoms with Crippen molar-refractivity contribution in [2.45, 2.75) is 26.7 Å². The standard InChI is InChI=1S/C9H17NO2S/c1-8(2)4-9(5-8)6-10(7-9)13(3,11)12/h4-7H2,1-3H3. The SMILES string of the molecule is CC1(C)CC2(CN(S(C)(=O)=O)C2)C1. The van der Waals surface area contributed by atoms with E-state index in [1.54, 1.807) is 4.31 Å². The van der Waals surface area contributed by atoms with Crippen LogP contribution in [-0.4, -0.2) is 32.1 Å². The lowest BCUT2D eigenvalue weighted by Gasteiger charge is -2.61. The van der Waals surface area contributed by atoms with Crippen LogP contribution in [0.5, 0.6) is 0 Å². The van der Waals surface area contributed by atoms with Crippen molar-refractivity contribution in [1.29, 1.82) is 0 Å². The van der Waals surface area contributed by atoms with Crippen molar-refractivity contribution in [3.8, 4) is 0 Å². The molecule has 0 aromatic carbocycles. The third-order valence-corrected chi connectivity index (χ3v) is 4.40. The smallest absolute Gasteiger partial charge is 0.211 e. The Kier molecular flexibility index (Phi) is 1.66. The fraction of sp³-hybridized carbons (Fsp3) is 1.00. The van der Waals surface area contributed by atoms with Gasteiger partial charge in [0.25, 0.3) is 0 Å². The molecule has 1 saturated carbocycles. The molecule has 0 bridgehead atoms. The van der Waals surface area contributed by atoms with Crippen molar-refractivity contribution in [3.63, 3.8) is 0 Å². The minimum Gasteiger partial charge on any atom is -0.213 e. The van der Waals surface area contributed by atoms with Crippen LogP contribution in [0.4, 0.5) is 0 Å². The number of hydrogen-bond acceptors (Lipinski definition) is 2. The van der Waals surface area contributed by atoms with Crippen LogP contribution in [0.2, 0.25) is 0 Å². The molecule has 1 aliphatic heterocycles. The van der Waals surface area contributed by atoms with E-state index in [0.717, 1.165) is 13.1 Å². The van der Waals surface area contributed by atoms with Gasteiger partial charge in [0.15, 0.2) is 0 Å². The summed E-state index contributed by atoms with van der Waals surface area (Å²) in [5.74, 6) is 0. The lowest BCUT2D eigenvalue weighted by atomic mass is 9.52. The van der Waals surface area contributed by atoms with Gasteiger partial charge in [-0.05, 0) is 23.7 Å². The molecule has 2 rings (SSSR count). The van der Waals surface area contributed by atoms with Gasteiger partial charge in [0.1, 0.15) is 0 Å². The summed E-state index contributed by atoms with van der Waals surface area (Å²) in [6, 6.07) is 0. The molecular formula is C9H17NO2S. The first-order valence-corrected chi connectivity index (χ1v) is 6.53. The molecule has 1 spiro atoms. The molecule has 0 aromatic rings. The average Bonchev–Trinajstić information content (AvgIpc) is 1.72. The van der Waals surface area contributed by atoms with Crippen molar-refractivity contribution in [2.75, 3.05) is 19.3 Å². The summed E-state index contributed by atoms with van der Waals surface area (Å²) in [6.07, 6.45) is 3.67. The summed E-state index contributed by atoms with van der Waals surface area (Å²) in [5.41, 5.74) is 0.802. The van der Waals surface area contributed by atoms with Crippen LogP contribution in [0.1, 0.15) is 26.7 Å². The Morgan fingerprint density at radius 1 is 1.15 bits per heavy atom. The zero-order chi connectivity index (χ0) is 9.91. The highest BCUT2D eigenvalue weighted by Gasteiger charge is 2.57. The lowest BCUT2D eigenvalue weighted by Crippen LogP contribution is -2.65. The van der Waals surface area contributed by atoms with Gasteiger partial charge in [0.2, 0.25) is 10.0 Å². The predicted octanol–water partition coefficient (Wildman–Crippen LogP) is 1.07. The number of rotatable bonds is 1. The largest absolute Gasteiger partial charge is 0.213 e. The van der Waals surface area contributed by atoms with Gasteiger partial charge in [0.05, 0.1) is 6.26 Å². The maximum absolute atomic E-state index is 11.1. The fourth-order valence-electron chi connectivity index (χ4n) is 3.14. The molecule has 0 amide bonds. The highest BCUT2D eigenvalue weighted by molar-refractivity contribution is 7.88. The van der Waals surface area contributed by atoms with E-state index in [4.69, 9.17) is 0 Å². The Labute approximate surface area is 80.2 Å². The molecular weight excluding hydrogens is 186 g/mol. The minimum atomic E-state index is -2.92. The molecule has 1 heterocycles. The molecule has 0 aromatic heterocycles. The molecule has 1 saturated heterocycles. The van der Waals surface area contributed by atoms with E-state index in [9.17, 15) is 8.42 Å². The van der Waals surface area contributed by atoms with Crippen molar-refractivity contribution in [2.24, 2.45) is 10.8 Å². The lowest BCUT2D eigenvalue weighted by molar-refractivity contribution is -0.0952. The van der Waals surface area contributed by atoms with Crippen molar-refractivity contribution in [1.82, 2.24) is 4.31 Å². The van der Waals surface area contributed by atoms with Gasteiger partial charge in [-0.15, -0.1) is 0 Å². The number of hydrogen-bond donors (Lipinski definition) is 0. The molecule has 4 heteroatoms. The highest BCUT2D eigenvalue weighted by Crippen LogP contribution is 2.58. The van der Waals surface area contributed by atoms with Gasteiger partial charge in [-0.1, -0.05) is 13.8 Å². The van der Waals surface area contributed by atoms with Crippen LogP contribution in [0.3, 0.4) is 0 Å². The Morgan fingerprint density at radius 3 is 1.92 bits per heavy atom. The minimum absolute atomic E-state index is 0.354. The van der Waals surface area contributed by atoms with E-state index in [0.29, 0.717) is 10.8 Å². The maximum atomic E-state index is 11.1. The molecule has 1 aliphatic carbocycles. The van der Waals surface area contributed by atoms with Crippen molar-refractivity contribution >= 4 is 10.0 Å². The summed E-state index contributed by atoms with van der Waals surface area (Å²) in [7, 11) is -2.92. The fourth-order valence-corrected chi connectivity index (χ4v) is 4.16. The van der Waals surface area contributed by atoms with Gasteiger partial charge >= 0.3 is 0 Å². The Morgan fingerprint density at radius 2 is 1.62 bits per heavy atom. The Hall–Kier alpha value is -0.0900. The molecule has 0 atom stereocenters. The molecule has 3 nitrogen and oxygen atoms in total. The van der Waals surface area contributed by atoms with E-state index in [1.165, 1.54) is 19.1 Å².